The van der Waals surface area contributed by atoms with Gasteiger partial charge in [-0.05, 0) is 29.8 Å². The van der Waals surface area contributed by atoms with Gasteiger partial charge in [0.05, 0.1) is 12.0 Å². The number of hydrogen-bond donors (Lipinski definition) is 2. The van der Waals surface area contributed by atoms with Gasteiger partial charge >= 0.3 is 11.9 Å². The minimum absolute atomic E-state index is 0.369. The van der Waals surface area contributed by atoms with Gasteiger partial charge in [0.2, 0.25) is 10.0 Å². The quantitative estimate of drug-likeness (QED) is 0.673. The topological polar surface area (TPSA) is 124 Å². The van der Waals surface area contributed by atoms with Crippen molar-refractivity contribution in [3.05, 3.63) is 60.2 Å². The maximum Gasteiger partial charge on any atom is 0.414 e. The van der Waals surface area contributed by atoms with Gasteiger partial charge < -0.3 is 14.9 Å². The number of ether oxygens (including phenoxy) is 1. The Hall–Kier alpha value is -2.95. The molecule has 0 unspecified atom stereocenters. The molecule has 1 aliphatic rings. The van der Waals surface area contributed by atoms with E-state index in [1.807, 2.05) is 30.3 Å². The van der Waals surface area contributed by atoms with E-state index in [1.165, 1.54) is 5.56 Å². The fourth-order valence-corrected chi connectivity index (χ4v) is 4.30. The highest BCUT2D eigenvalue weighted by molar-refractivity contribution is 7.89. The summed E-state index contributed by atoms with van der Waals surface area (Å²) in [6, 6.07) is 16.6. The van der Waals surface area contributed by atoms with Crippen molar-refractivity contribution in [1.29, 1.82) is 0 Å². The Morgan fingerprint density at radius 1 is 0.900 bits per heavy atom. The third-order valence-corrected chi connectivity index (χ3v) is 6.37. The van der Waals surface area contributed by atoms with E-state index in [2.05, 4.69) is 4.90 Å². The molecular weight excluding hydrogens is 412 g/mol. The van der Waals surface area contributed by atoms with Gasteiger partial charge in [-0.15, -0.1) is 0 Å². The molecule has 1 fully saturated rings. The molecular formula is C20H24N2O7S. The highest BCUT2D eigenvalue weighted by Crippen LogP contribution is 2.19. The van der Waals surface area contributed by atoms with Crippen molar-refractivity contribution in [2.24, 2.45) is 0 Å². The Bertz CT molecular complexity index is 927. The second-order valence-corrected chi connectivity index (χ2v) is 8.39. The van der Waals surface area contributed by atoms with E-state index in [0.717, 1.165) is 25.4 Å². The van der Waals surface area contributed by atoms with Gasteiger partial charge in [0, 0.05) is 32.7 Å². The van der Waals surface area contributed by atoms with Crippen molar-refractivity contribution >= 4 is 22.0 Å². The molecule has 30 heavy (non-hydrogen) atoms. The molecule has 2 N–H and O–H groups in total. The van der Waals surface area contributed by atoms with Crippen LogP contribution in [0.2, 0.25) is 0 Å². The lowest BCUT2D eigenvalue weighted by molar-refractivity contribution is -0.159. The Morgan fingerprint density at radius 3 is 1.90 bits per heavy atom. The molecule has 2 aromatic rings. The monoisotopic (exact) mass is 436 g/mol. The number of nitrogens with zero attached hydrogens (tertiary/aromatic N) is 2. The van der Waals surface area contributed by atoms with Crippen LogP contribution in [0.15, 0.2) is 59.5 Å². The molecule has 0 aromatic heterocycles. The minimum Gasteiger partial charge on any atom is -0.497 e. The van der Waals surface area contributed by atoms with Crippen molar-refractivity contribution in [2.75, 3.05) is 33.3 Å². The summed E-state index contributed by atoms with van der Waals surface area (Å²) < 4.78 is 32.0. The van der Waals surface area contributed by atoms with Crippen molar-refractivity contribution in [2.45, 2.75) is 11.4 Å². The molecule has 2 aromatic carbocycles. The molecule has 9 nitrogen and oxygen atoms in total. The Morgan fingerprint density at radius 2 is 1.43 bits per heavy atom. The van der Waals surface area contributed by atoms with Crippen LogP contribution in [0.3, 0.4) is 0 Å². The predicted octanol–water partition coefficient (Wildman–Crippen LogP) is 1.36. The molecule has 3 rings (SSSR count). The largest absolute Gasteiger partial charge is 0.497 e. The number of aliphatic carboxylic acids is 2. The summed E-state index contributed by atoms with van der Waals surface area (Å²) in [5, 5.41) is 14.8. The molecule has 0 radical (unpaired) electrons. The van der Waals surface area contributed by atoms with E-state index in [0.29, 0.717) is 18.0 Å². The van der Waals surface area contributed by atoms with E-state index >= 15 is 0 Å². The first-order valence-corrected chi connectivity index (χ1v) is 10.5. The van der Waals surface area contributed by atoms with Crippen LogP contribution in [0.1, 0.15) is 5.56 Å². The second-order valence-electron chi connectivity index (χ2n) is 6.45. The third kappa shape index (κ3) is 6.55. The van der Waals surface area contributed by atoms with Crippen molar-refractivity contribution in [3.63, 3.8) is 0 Å². The van der Waals surface area contributed by atoms with E-state index in [1.54, 1.807) is 35.7 Å². The first kappa shape index (κ1) is 23.3. The first-order chi connectivity index (χ1) is 14.2. The average molecular weight is 436 g/mol. The maximum absolute atomic E-state index is 12.6. The van der Waals surface area contributed by atoms with E-state index in [4.69, 9.17) is 24.5 Å². The predicted molar refractivity (Wildman–Crippen MR) is 109 cm³/mol. The number of carboxylic acids is 2. The van der Waals surface area contributed by atoms with Crippen LogP contribution in [-0.4, -0.2) is 73.1 Å². The smallest absolute Gasteiger partial charge is 0.414 e. The molecule has 1 aliphatic heterocycles. The third-order valence-electron chi connectivity index (χ3n) is 4.46. The molecule has 0 spiro atoms. The van der Waals surface area contributed by atoms with E-state index in [9.17, 15) is 8.42 Å². The average Bonchev–Trinajstić information content (AvgIpc) is 2.75. The fraction of sp³-hybridized carbons (Fsp3) is 0.300. The van der Waals surface area contributed by atoms with Crippen LogP contribution < -0.4 is 4.74 Å². The Balaban J connectivity index is 0.000000469. The van der Waals surface area contributed by atoms with Gasteiger partial charge in [-0.2, -0.15) is 4.31 Å². The molecule has 1 saturated heterocycles. The highest BCUT2D eigenvalue weighted by Gasteiger charge is 2.28. The van der Waals surface area contributed by atoms with Gasteiger partial charge in [0.1, 0.15) is 5.75 Å². The summed E-state index contributed by atoms with van der Waals surface area (Å²) in [7, 11) is -1.72. The number of hydrogen-bond acceptors (Lipinski definition) is 6. The summed E-state index contributed by atoms with van der Waals surface area (Å²) in [6.07, 6.45) is 0. The molecule has 0 saturated carbocycles. The van der Waals surface area contributed by atoms with Gasteiger partial charge in [0.25, 0.3) is 0 Å². The van der Waals surface area contributed by atoms with E-state index < -0.39 is 22.0 Å². The summed E-state index contributed by atoms with van der Waals surface area (Å²) in [4.78, 5) is 20.8. The van der Waals surface area contributed by atoms with Crippen LogP contribution in [0.5, 0.6) is 5.75 Å². The molecule has 0 bridgehead atoms. The molecule has 0 amide bonds. The van der Waals surface area contributed by atoms with Gasteiger partial charge in [-0.3, -0.25) is 4.90 Å². The number of carboxylic acid groups (broad SMARTS) is 2. The van der Waals surface area contributed by atoms with Crippen LogP contribution in [0.4, 0.5) is 0 Å². The Labute approximate surface area is 175 Å². The number of rotatable bonds is 5. The molecule has 0 atom stereocenters. The van der Waals surface area contributed by atoms with Gasteiger partial charge in [-0.1, -0.05) is 30.3 Å². The molecule has 10 heteroatoms. The number of carbonyl (C=O) groups is 2. The van der Waals surface area contributed by atoms with Crippen LogP contribution in [0, 0.1) is 0 Å². The van der Waals surface area contributed by atoms with Crippen molar-refractivity contribution < 1.29 is 33.0 Å². The van der Waals surface area contributed by atoms with Gasteiger partial charge in [-0.25, -0.2) is 18.0 Å². The zero-order valence-electron chi connectivity index (χ0n) is 16.5. The van der Waals surface area contributed by atoms with Crippen LogP contribution in [-0.2, 0) is 26.2 Å². The molecule has 1 heterocycles. The van der Waals surface area contributed by atoms with Crippen LogP contribution >= 0.6 is 0 Å². The summed E-state index contributed by atoms with van der Waals surface area (Å²) >= 11 is 0. The normalized spacial score (nSPS) is 15.0. The zero-order chi connectivity index (χ0) is 22.1. The number of benzene rings is 2. The standard InChI is InChI=1S/C18H22N2O3S.C2H2O4/c1-23-17-9-7-16(8-10-17)15-19-11-13-20(14-12-19)24(21,22)18-5-3-2-4-6-18;3-1(4)2(5)6/h2-10H,11-15H2,1H3;(H,3,4)(H,5,6). The SMILES string of the molecule is COc1ccc(CN2CCN(S(=O)(=O)c3ccccc3)CC2)cc1.O=C(O)C(=O)O. The van der Waals surface area contributed by atoms with Crippen LogP contribution in [0.25, 0.3) is 0 Å². The van der Waals surface area contributed by atoms with Crippen molar-refractivity contribution in [1.82, 2.24) is 9.21 Å². The maximum atomic E-state index is 12.6. The molecule has 162 valence electrons. The second kappa shape index (κ2) is 10.7. The Kier molecular flexibility index (Phi) is 8.34. The lowest BCUT2D eigenvalue weighted by Gasteiger charge is -2.34. The highest BCUT2D eigenvalue weighted by atomic mass is 32.2. The zero-order valence-corrected chi connectivity index (χ0v) is 17.3. The lowest BCUT2D eigenvalue weighted by Crippen LogP contribution is -2.48. The van der Waals surface area contributed by atoms with Crippen molar-refractivity contribution in [3.8, 4) is 5.75 Å². The lowest BCUT2D eigenvalue weighted by atomic mass is 10.2. The first-order valence-electron chi connectivity index (χ1n) is 9.10. The van der Waals surface area contributed by atoms with E-state index in [-0.39, 0.29) is 0 Å². The fourth-order valence-electron chi connectivity index (χ4n) is 2.86. The number of sulfonamides is 1. The molecule has 0 aliphatic carbocycles. The summed E-state index contributed by atoms with van der Waals surface area (Å²) in [5.74, 6) is -2.80. The minimum atomic E-state index is -3.38. The summed E-state index contributed by atoms with van der Waals surface area (Å²) in [5.41, 5.74) is 1.20. The summed E-state index contributed by atoms with van der Waals surface area (Å²) in [6.45, 7) is 3.33. The number of methoxy groups -OCH3 is 1. The number of piperazine rings is 1. The van der Waals surface area contributed by atoms with Gasteiger partial charge in [0.15, 0.2) is 0 Å².